The Kier molecular flexibility index (Phi) is 3.67. The van der Waals surface area contributed by atoms with Gasteiger partial charge in [0.05, 0.1) is 18.3 Å². The number of nitriles is 1. The van der Waals surface area contributed by atoms with Crippen molar-refractivity contribution in [2.75, 3.05) is 13.1 Å². The molecule has 1 fully saturated rings. The van der Waals surface area contributed by atoms with Crippen molar-refractivity contribution in [3.63, 3.8) is 0 Å². The number of sulfonamides is 1. The third kappa shape index (κ3) is 2.29. The lowest BCUT2D eigenvalue weighted by Crippen LogP contribution is -2.37. The maximum absolute atomic E-state index is 11.8. The molecule has 2 N–H and O–H groups in total. The molecule has 0 aromatic heterocycles. The number of hydrogen-bond acceptors (Lipinski definition) is 5. The van der Waals surface area contributed by atoms with E-state index in [1.54, 1.807) is 13.0 Å². The summed E-state index contributed by atoms with van der Waals surface area (Å²) in [6.45, 7) is 1.33. The molecule has 0 aromatic rings. The molecule has 0 radical (unpaired) electrons. The van der Waals surface area contributed by atoms with Crippen LogP contribution in [0.2, 0.25) is 0 Å². The van der Waals surface area contributed by atoms with E-state index in [-0.39, 0.29) is 19.5 Å². The van der Waals surface area contributed by atoms with Gasteiger partial charge in [0, 0.05) is 13.1 Å². The molecule has 3 unspecified atom stereocenters. The number of rotatable bonds is 3. The quantitative estimate of drug-likeness (QED) is 0.629. The maximum Gasteiger partial charge on any atom is 0.230 e. The molecule has 86 valence electrons. The van der Waals surface area contributed by atoms with Crippen LogP contribution in [0, 0.1) is 11.3 Å². The Labute approximate surface area is 88.8 Å². The highest BCUT2D eigenvalue weighted by Gasteiger charge is 2.40. The number of aliphatic hydroxyl groups excluding tert-OH is 2. The predicted molar refractivity (Wildman–Crippen MR) is 52.2 cm³/mol. The summed E-state index contributed by atoms with van der Waals surface area (Å²) in [5.74, 6) is 0. The zero-order valence-corrected chi connectivity index (χ0v) is 9.18. The first kappa shape index (κ1) is 12.4. The zero-order chi connectivity index (χ0) is 11.6. The van der Waals surface area contributed by atoms with Crippen molar-refractivity contribution in [3.05, 3.63) is 0 Å². The Morgan fingerprint density at radius 3 is 2.27 bits per heavy atom. The third-order valence-corrected chi connectivity index (χ3v) is 4.64. The van der Waals surface area contributed by atoms with Gasteiger partial charge in [0.1, 0.15) is 0 Å². The van der Waals surface area contributed by atoms with Crippen LogP contribution in [0.4, 0.5) is 0 Å². The standard InChI is InChI=1S/C8H14N2O4S/c1-2-6(3-9)15(13,14)10-4-7(11)8(12)5-10/h6-8,11-12H,2,4-5H2,1H3. The maximum atomic E-state index is 11.8. The molecule has 7 heteroatoms. The summed E-state index contributed by atoms with van der Waals surface area (Å²) in [7, 11) is -3.71. The van der Waals surface area contributed by atoms with Crippen molar-refractivity contribution < 1.29 is 18.6 Å². The van der Waals surface area contributed by atoms with E-state index in [1.807, 2.05) is 0 Å². The number of β-amino-alcohol motifs (C(OH)–C–C–N with tert-alkyl or cyclic N) is 2. The molecular weight excluding hydrogens is 220 g/mol. The van der Waals surface area contributed by atoms with Gasteiger partial charge in [0.25, 0.3) is 0 Å². The highest BCUT2D eigenvalue weighted by atomic mass is 32.2. The Morgan fingerprint density at radius 1 is 1.47 bits per heavy atom. The normalized spacial score (nSPS) is 30.0. The zero-order valence-electron chi connectivity index (χ0n) is 8.37. The summed E-state index contributed by atoms with van der Waals surface area (Å²) in [5.41, 5.74) is 0. The van der Waals surface area contributed by atoms with Gasteiger partial charge in [-0.2, -0.15) is 9.57 Å². The summed E-state index contributed by atoms with van der Waals surface area (Å²) in [4.78, 5) is 0. The smallest absolute Gasteiger partial charge is 0.230 e. The molecule has 0 aromatic carbocycles. The second-order valence-corrected chi connectivity index (χ2v) is 5.64. The summed E-state index contributed by atoms with van der Waals surface area (Å²) < 4.78 is 24.5. The molecule has 15 heavy (non-hydrogen) atoms. The van der Waals surface area contributed by atoms with Crippen molar-refractivity contribution in [2.24, 2.45) is 0 Å². The van der Waals surface area contributed by atoms with E-state index < -0.39 is 27.5 Å². The fourth-order valence-electron chi connectivity index (χ4n) is 1.49. The monoisotopic (exact) mass is 234 g/mol. The number of hydrogen-bond donors (Lipinski definition) is 2. The highest BCUT2D eigenvalue weighted by molar-refractivity contribution is 7.90. The molecule has 1 saturated heterocycles. The van der Waals surface area contributed by atoms with Gasteiger partial charge in [-0.15, -0.1) is 0 Å². The largest absolute Gasteiger partial charge is 0.389 e. The Bertz CT molecular complexity index is 351. The van der Waals surface area contributed by atoms with Gasteiger partial charge in [-0.25, -0.2) is 8.42 Å². The molecule has 0 saturated carbocycles. The topological polar surface area (TPSA) is 102 Å². The first-order valence-electron chi connectivity index (χ1n) is 4.68. The van der Waals surface area contributed by atoms with Crippen LogP contribution >= 0.6 is 0 Å². The molecule has 0 aliphatic carbocycles. The molecule has 1 aliphatic rings. The average molecular weight is 234 g/mol. The number of nitrogens with zero attached hydrogens (tertiary/aromatic N) is 2. The van der Waals surface area contributed by atoms with Crippen LogP contribution in [-0.2, 0) is 10.0 Å². The van der Waals surface area contributed by atoms with E-state index in [2.05, 4.69) is 0 Å². The van der Waals surface area contributed by atoms with Crippen LogP contribution in [0.5, 0.6) is 0 Å². The van der Waals surface area contributed by atoms with Crippen molar-refractivity contribution >= 4 is 10.0 Å². The molecule has 0 amide bonds. The molecule has 0 spiro atoms. The van der Waals surface area contributed by atoms with Crippen LogP contribution in [0.15, 0.2) is 0 Å². The first-order chi connectivity index (χ1) is 6.93. The first-order valence-corrected chi connectivity index (χ1v) is 6.18. The van der Waals surface area contributed by atoms with Crippen molar-refractivity contribution in [1.29, 1.82) is 5.26 Å². The van der Waals surface area contributed by atoms with Crippen LogP contribution in [0.25, 0.3) is 0 Å². The highest BCUT2D eigenvalue weighted by Crippen LogP contribution is 2.19. The second-order valence-electron chi connectivity index (χ2n) is 3.52. The summed E-state index contributed by atoms with van der Waals surface area (Å²) in [6, 6.07) is 1.71. The minimum Gasteiger partial charge on any atom is -0.389 e. The van der Waals surface area contributed by atoms with Crippen molar-refractivity contribution in [2.45, 2.75) is 30.8 Å². The van der Waals surface area contributed by atoms with Crippen LogP contribution in [0.1, 0.15) is 13.3 Å². The van der Waals surface area contributed by atoms with E-state index in [0.29, 0.717) is 0 Å². The summed E-state index contributed by atoms with van der Waals surface area (Å²) >= 11 is 0. The third-order valence-electron chi connectivity index (χ3n) is 2.46. The molecule has 1 rings (SSSR count). The molecule has 6 nitrogen and oxygen atoms in total. The van der Waals surface area contributed by atoms with E-state index in [4.69, 9.17) is 5.26 Å². The molecule has 0 bridgehead atoms. The molecule has 3 atom stereocenters. The molecule has 1 aliphatic heterocycles. The lowest BCUT2D eigenvalue weighted by molar-refractivity contribution is 0.0572. The minimum absolute atomic E-state index is 0.137. The van der Waals surface area contributed by atoms with Gasteiger partial charge in [-0.3, -0.25) is 0 Å². The van der Waals surface area contributed by atoms with Gasteiger partial charge >= 0.3 is 0 Å². The fourth-order valence-corrected chi connectivity index (χ4v) is 3.13. The predicted octanol–water partition coefficient (Wildman–Crippen LogP) is -1.34. The minimum atomic E-state index is -3.71. The van der Waals surface area contributed by atoms with Gasteiger partial charge in [0.2, 0.25) is 10.0 Å². The lowest BCUT2D eigenvalue weighted by atomic mass is 10.3. The van der Waals surface area contributed by atoms with Crippen molar-refractivity contribution in [1.82, 2.24) is 4.31 Å². The fraction of sp³-hybridized carbons (Fsp3) is 0.875. The van der Waals surface area contributed by atoms with Gasteiger partial charge in [0.15, 0.2) is 5.25 Å². The van der Waals surface area contributed by atoms with Gasteiger partial charge in [-0.1, -0.05) is 6.92 Å². The lowest BCUT2D eigenvalue weighted by Gasteiger charge is -2.18. The van der Waals surface area contributed by atoms with E-state index in [0.717, 1.165) is 4.31 Å². The van der Waals surface area contributed by atoms with Crippen molar-refractivity contribution in [3.8, 4) is 6.07 Å². The Morgan fingerprint density at radius 2 is 1.93 bits per heavy atom. The van der Waals surface area contributed by atoms with Crippen LogP contribution in [-0.4, -0.2) is 53.5 Å². The van der Waals surface area contributed by atoms with E-state index in [1.165, 1.54) is 0 Å². The molecular formula is C8H14N2O4S. The summed E-state index contributed by atoms with van der Waals surface area (Å²) in [6.07, 6.45) is -1.92. The van der Waals surface area contributed by atoms with Gasteiger partial charge < -0.3 is 10.2 Å². The second kappa shape index (κ2) is 4.45. The summed E-state index contributed by atoms with van der Waals surface area (Å²) in [5, 5.41) is 26.0. The molecule has 1 heterocycles. The Balaban J connectivity index is 2.85. The van der Waals surface area contributed by atoms with E-state index >= 15 is 0 Å². The van der Waals surface area contributed by atoms with Crippen LogP contribution < -0.4 is 0 Å². The number of aliphatic hydroxyl groups is 2. The SMILES string of the molecule is CCC(C#N)S(=O)(=O)N1CC(O)C(O)C1. The average Bonchev–Trinajstić information content (AvgIpc) is 2.49. The Hall–Kier alpha value is -0.680. The van der Waals surface area contributed by atoms with E-state index in [9.17, 15) is 18.6 Å². The van der Waals surface area contributed by atoms with Gasteiger partial charge in [-0.05, 0) is 6.42 Å². The van der Waals surface area contributed by atoms with Crippen LogP contribution in [0.3, 0.4) is 0 Å².